The number of ether oxygens (including phenoxy) is 1. The number of hydrogen-bond acceptors (Lipinski definition) is 5. The van der Waals surface area contributed by atoms with Crippen LogP contribution in [0, 0.1) is 17.0 Å². The molecule has 2 rings (SSSR count). The molecule has 0 radical (unpaired) electrons. The number of rotatable bonds is 6. The monoisotopic (exact) mass is 315 g/mol. The van der Waals surface area contributed by atoms with Crippen molar-refractivity contribution >= 4 is 23.0 Å². The third kappa shape index (κ3) is 4.44. The molecule has 23 heavy (non-hydrogen) atoms. The smallest absolute Gasteiger partial charge is 0.271 e. The first-order chi connectivity index (χ1) is 11.0. The van der Waals surface area contributed by atoms with Gasteiger partial charge in [-0.15, -0.1) is 0 Å². The zero-order valence-corrected chi connectivity index (χ0v) is 12.8. The second-order valence-corrected chi connectivity index (χ2v) is 4.91. The number of benzene rings is 2. The molecule has 0 aliphatic carbocycles. The van der Waals surface area contributed by atoms with Crippen molar-refractivity contribution in [1.29, 1.82) is 0 Å². The number of hydrogen-bond donors (Lipinski definition) is 2. The molecule has 0 atom stereocenters. The van der Waals surface area contributed by atoms with E-state index < -0.39 is 4.92 Å². The molecule has 120 valence electrons. The van der Waals surface area contributed by atoms with E-state index >= 15 is 0 Å². The summed E-state index contributed by atoms with van der Waals surface area (Å²) in [6.07, 6.45) is 0. The predicted molar refractivity (Wildman–Crippen MR) is 87.9 cm³/mol. The summed E-state index contributed by atoms with van der Waals surface area (Å²) >= 11 is 0. The van der Waals surface area contributed by atoms with E-state index in [2.05, 4.69) is 10.6 Å². The molecule has 0 bridgehead atoms. The minimum absolute atomic E-state index is 0.0363. The summed E-state index contributed by atoms with van der Waals surface area (Å²) in [5.41, 5.74) is 2.10. The van der Waals surface area contributed by atoms with Gasteiger partial charge >= 0.3 is 0 Å². The van der Waals surface area contributed by atoms with Crippen molar-refractivity contribution in [1.82, 2.24) is 0 Å². The lowest BCUT2D eigenvalue weighted by molar-refractivity contribution is -0.384. The molecule has 2 N–H and O–H groups in total. The standard InChI is InChI=1S/C16H17N3O4/c1-11-3-5-12(6-4-11)18-16(20)10-17-14-9-13(19(21)22)7-8-15(14)23-2/h3-9,17H,10H2,1-2H3,(H,18,20). The van der Waals surface area contributed by atoms with Crippen LogP contribution < -0.4 is 15.4 Å². The van der Waals surface area contributed by atoms with Gasteiger partial charge in [0.05, 0.1) is 24.3 Å². The fourth-order valence-electron chi connectivity index (χ4n) is 1.97. The Kier molecular flexibility index (Phi) is 5.14. The van der Waals surface area contributed by atoms with Crippen LogP contribution in [-0.2, 0) is 4.79 Å². The molecule has 2 aromatic carbocycles. The van der Waals surface area contributed by atoms with Gasteiger partial charge in [-0.2, -0.15) is 0 Å². The van der Waals surface area contributed by atoms with Crippen molar-refractivity contribution in [3.8, 4) is 5.75 Å². The number of carbonyl (C=O) groups excluding carboxylic acids is 1. The number of non-ortho nitro benzene ring substituents is 1. The number of nitro groups is 1. The van der Waals surface area contributed by atoms with Crippen molar-refractivity contribution in [2.75, 3.05) is 24.3 Å². The summed E-state index contributed by atoms with van der Waals surface area (Å²) in [7, 11) is 1.46. The Morgan fingerprint density at radius 3 is 2.52 bits per heavy atom. The molecule has 0 aromatic heterocycles. The number of nitrogens with zero attached hydrogens (tertiary/aromatic N) is 1. The topological polar surface area (TPSA) is 93.5 Å². The van der Waals surface area contributed by atoms with Gasteiger partial charge in [-0.05, 0) is 25.1 Å². The molecule has 0 aliphatic heterocycles. The van der Waals surface area contributed by atoms with E-state index in [9.17, 15) is 14.9 Å². The van der Waals surface area contributed by atoms with E-state index in [4.69, 9.17) is 4.74 Å². The van der Waals surface area contributed by atoms with Crippen LogP contribution in [0.25, 0.3) is 0 Å². The van der Waals surface area contributed by atoms with Crippen LogP contribution in [-0.4, -0.2) is 24.5 Å². The van der Waals surface area contributed by atoms with E-state index in [0.29, 0.717) is 17.1 Å². The number of amides is 1. The molecule has 0 spiro atoms. The normalized spacial score (nSPS) is 10.0. The zero-order chi connectivity index (χ0) is 16.8. The largest absolute Gasteiger partial charge is 0.495 e. The van der Waals surface area contributed by atoms with Gasteiger partial charge in [0.2, 0.25) is 5.91 Å². The first-order valence-electron chi connectivity index (χ1n) is 6.92. The minimum atomic E-state index is -0.503. The highest BCUT2D eigenvalue weighted by Gasteiger charge is 2.12. The molecule has 7 nitrogen and oxygen atoms in total. The highest BCUT2D eigenvalue weighted by molar-refractivity contribution is 5.94. The molecular weight excluding hydrogens is 298 g/mol. The molecule has 2 aromatic rings. The fraction of sp³-hybridized carbons (Fsp3) is 0.188. The first-order valence-corrected chi connectivity index (χ1v) is 6.92. The molecule has 0 heterocycles. The molecular formula is C16H17N3O4. The molecule has 0 aliphatic rings. The van der Waals surface area contributed by atoms with Crippen molar-refractivity contribution in [3.63, 3.8) is 0 Å². The summed E-state index contributed by atoms with van der Waals surface area (Å²) in [6.45, 7) is 1.92. The highest BCUT2D eigenvalue weighted by Crippen LogP contribution is 2.28. The van der Waals surface area contributed by atoms with Gasteiger partial charge in [-0.1, -0.05) is 17.7 Å². The van der Waals surface area contributed by atoms with Crippen LogP contribution in [0.3, 0.4) is 0 Å². The van der Waals surface area contributed by atoms with Gasteiger partial charge in [0.25, 0.3) is 5.69 Å². The third-order valence-electron chi connectivity index (χ3n) is 3.17. The number of aryl methyl sites for hydroxylation is 1. The van der Waals surface area contributed by atoms with Gasteiger partial charge in [-0.25, -0.2) is 0 Å². The van der Waals surface area contributed by atoms with Crippen molar-refractivity contribution in [3.05, 3.63) is 58.1 Å². The maximum absolute atomic E-state index is 11.9. The van der Waals surface area contributed by atoms with Crippen LogP contribution in [0.1, 0.15) is 5.56 Å². The summed E-state index contributed by atoms with van der Waals surface area (Å²) in [6, 6.07) is 11.6. The van der Waals surface area contributed by atoms with E-state index in [1.165, 1.54) is 25.3 Å². The Labute approximate surface area is 133 Å². The average molecular weight is 315 g/mol. The van der Waals surface area contributed by atoms with E-state index in [1.54, 1.807) is 12.1 Å². The van der Waals surface area contributed by atoms with Crippen molar-refractivity contribution < 1.29 is 14.5 Å². The van der Waals surface area contributed by atoms with Crippen LogP contribution in [0.15, 0.2) is 42.5 Å². The summed E-state index contributed by atoms with van der Waals surface area (Å²) in [4.78, 5) is 22.3. The maximum atomic E-state index is 11.9. The Balaban J connectivity index is 2.01. The second-order valence-electron chi connectivity index (χ2n) is 4.91. The predicted octanol–water partition coefficient (Wildman–Crippen LogP) is 2.96. The molecule has 1 amide bonds. The van der Waals surface area contributed by atoms with Crippen LogP contribution in [0.2, 0.25) is 0 Å². The number of nitro benzene ring substituents is 1. The van der Waals surface area contributed by atoms with Gasteiger partial charge in [0.1, 0.15) is 5.75 Å². The van der Waals surface area contributed by atoms with Gasteiger partial charge in [0, 0.05) is 17.8 Å². The number of anilines is 2. The summed E-state index contributed by atoms with van der Waals surface area (Å²) < 4.78 is 5.13. The lowest BCUT2D eigenvalue weighted by Crippen LogP contribution is -2.22. The SMILES string of the molecule is COc1ccc([N+](=O)[O-])cc1NCC(=O)Nc1ccc(C)cc1. The number of methoxy groups -OCH3 is 1. The third-order valence-corrected chi connectivity index (χ3v) is 3.17. The lowest BCUT2D eigenvalue weighted by atomic mass is 10.2. The van der Waals surface area contributed by atoms with E-state index in [0.717, 1.165) is 5.56 Å². The maximum Gasteiger partial charge on any atom is 0.271 e. The van der Waals surface area contributed by atoms with E-state index in [1.807, 2.05) is 19.1 Å². The van der Waals surface area contributed by atoms with E-state index in [-0.39, 0.29) is 18.1 Å². The van der Waals surface area contributed by atoms with Gasteiger partial charge in [-0.3, -0.25) is 14.9 Å². The first kappa shape index (κ1) is 16.3. The molecule has 0 saturated carbocycles. The molecule has 7 heteroatoms. The van der Waals surface area contributed by atoms with Crippen LogP contribution >= 0.6 is 0 Å². The van der Waals surface area contributed by atoms with Crippen molar-refractivity contribution in [2.24, 2.45) is 0 Å². The number of nitrogens with one attached hydrogen (secondary N) is 2. The minimum Gasteiger partial charge on any atom is -0.495 e. The summed E-state index contributed by atoms with van der Waals surface area (Å²) in [5.74, 6) is 0.168. The highest BCUT2D eigenvalue weighted by atomic mass is 16.6. The van der Waals surface area contributed by atoms with Crippen molar-refractivity contribution in [2.45, 2.75) is 6.92 Å². The van der Waals surface area contributed by atoms with Gasteiger partial charge < -0.3 is 15.4 Å². The Morgan fingerprint density at radius 2 is 1.91 bits per heavy atom. The van der Waals surface area contributed by atoms with Crippen LogP contribution in [0.4, 0.5) is 17.1 Å². The average Bonchev–Trinajstić information content (AvgIpc) is 2.54. The Hall–Kier alpha value is -3.09. The zero-order valence-electron chi connectivity index (χ0n) is 12.8. The molecule has 0 saturated heterocycles. The second kappa shape index (κ2) is 7.26. The molecule has 0 unspecified atom stereocenters. The quantitative estimate of drug-likeness (QED) is 0.631. The fourth-order valence-corrected chi connectivity index (χ4v) is 1.97. The summed E-state index contributed by atoms with van der Waals surface area (Å²) in [5, 5.41) is 16.4. The Morgan fingerprint density at radius 1 is 1.22 bits per heavy atom. The number of carbonyl (C=O) groups is 1. The van der Waals surface area contributed by atoms with Gasteiger partial charge in [0.15, 0.2) is 0 Å². The lowest BCUT2D eigenvalue weighted by Gasteiger charge is -2.11. The Bertz CT molecular complexity index is 714. The van der Waals surface area contributed by atoms with Crippen LogP contribution in [0.5, 0.6) is 5.75 Å². The molecule has 0 fully saturated rings.